The SMILES string of the molecule is Cc1ccnc(N(CCCC(=O)NCC(=O)N[C@@H](CC(=O)OCc2cc(B(O)O)c(OC(F)(F)F)cc2OCc2ccccc2)c2ccc(Br)cc2)C(=O)OC(C)(C)C)c1. The molecule has 0 fully saturated rings. The first-order chi connectivity index (χ1) is 28.3. The Balaban J connectivity index is 1.40. The Labute approximate surface area is 353 Å². The number of carbonyl (C=O) groups excluding carboxylic acids is 4. The maximum Gasteiger partial charge on any atom is 0.573 e. The molecule has 4 rings (SSSR count). The van der Waals surface area contributed by atoms with Crippen LogP contribution in [0.2, 0.25) is 0 Å². The maximum atomic E-state index is 13.3. The number of ether oxygens (including phenoxy) is 4. The summed E-state index contributed by atoms with van der Waals surface area (Å²) >= 11 is 3.35. The van der Waals surface area contributed by atoms with E-state index in [1.807, 2.05) is 6.92 Å². The minimum Gasteiger partial charge on any atom is -0.488 e. The largest absolute Gasteiger partial charge is 0.573 e. The van der Waals surface area contributed by atoms with Crippen LogP contribution in [0.1, 0.15) is 68.3 Å². The van der Waals surface area contributed by atoms with Gasteiger partial charge in [-0.25, -0.2) is 9.78 Å². The number of hydrogen-bond donors (Lipinski definition) is 4. The average Bonchev–Trinajstić information content (AvgIpc) is 3.16. The lowest BCUT2D eigenvalue weighted by atomic mass is 9.78. The average molecular weight is 902 g/mol. The van der Waals surface area contributed by atoms with Crippen molar-refractivity contribution >= 4 is 58.2 Å². The van der Waals surface area contributed by atoms with Gasteiger partial charge >= 0.3 is 25.5 Å². The molecule has 3 aromatic carbocycles. The van der Waals surface area contributed by atoms with Crippen LogP contribution in [-0.2, 0) is 37.1 Å². The predicted molar refractivity (Wildman–Crippen MR) is 218 cm³/mol. The number of anilines is 1. The maximum absolute atomic E-state index is 13.3. The standard InChI is InChI=1S/C41H45BBrF3N4O10/c1-26-16-17-47-35(19-26)50(39(54)60-40(2,3)4)18-8-11-36(51)48-23-37(52)49-32(28-12-14-30(43)15-13-28)21-38(53)58-25-29-20-31(42(55)56)34(59-41(44,45)46)22-33(29)57-24-27-9-6-5-7-10-27/h5-7,9-10,12-17,19-20,22,32,55-56H,8,11,18,21,23-25H2,1-4H3,(H,48,51)(H,49,52)/t32-/m0/s1. The summed E-state index contributed by atoms with van der Waals surface area (Å²) < 4.78 is 61.2. The minimum atomic E-state index is -5.17. The molecule has 0 saturated heterocycles. The van der Waals surface area contributed by atoms with Gasteiger partial charge in [0.05, 0.1) is 19.0 Å². The highest BCUT2D eigenvalue weighted by molar-refractivity contribution is 9.10. The molecule has 0 aliphatic rings. The van der Waals surface area contributed by atoms with Crippen LogP contribution in [0.25, 0.3) is 0 Å². The summed E-state index contributed by atoms with van der Waals surface area (Å²) in [5.41, 5.74) is 0.609. The molecule has 0 unspecified atom stereocenters. The van der Waals surface area contributed by atoms with Crippen molar-refractivity contribution in [2.75, 3.05) is 18.0 Å². The number of nitrogens with zero attached hydrogens (tertiary/aromatic N) is 2. The summed E-state index contributed by atoms with van der Waals surface area (Å²) in [6, 6.07) is 19.7. The molecule has 0 saturated carbocycles. The van der Waals surface area contributed by atoms with E-state index in [1.54, 1.807) is 93.7 Å². The van der Waals surface area contributed by atoms with Crippen molar-refractivity contribution in [3.8, 4) is 11.5 Å². The fourth-order valence-electron chi connectivity index (χ4n) is 5.55. The fourth-order valence-corrected chi connectivity index (χ4v) is 5.81. The third-order valence-corrected chi connectivity index (χ3v) is 8.85. The van der Waals surface area contributed by atoms with Crippen LogP contribution < -0.4 is 30.5 Å². The molecule has 0 bridgehead atoms. The van der Waals surface area contributed by atoms with Crippen LogP contribution in [0.3, 0.4) is 0 Å². The summed E-state index contributed by atoms with van der Waals surface area (Å²) in [7, 11) is -2.39. The lowest BCUT2D eigenvalue weighted by Gasteiger charge is -2.27. The Morgan fingerprint density at radius 1 is 0.917 bits per heavy atom. The molecular weight excluding hydrogens is 856 g/mol. The Hall–Kier alpha value is -5.66. The number of rotatable bonds is 18. The molecule has 0 aliphatic heterocycles. The monoisotopic (exact) mass is 900 g/mol. The first kappa shape index (κ1) is 47.0. The van der Waals surface area contributed by atoms with Crippen LogP contribution >= 0.6 is 15.9 Å². The molecule has 4 N–H and O–H groups in total. The number of alkyl halides is 3. The Morgan fingerprint density at radius 3 is 2.25 bits per heavy atom. The lowest BCUT2D eigenvalue weighted by Crippen LogP contribution is -2.40. The van der Waals surface area contributed by atoms with Crippen molar-refractivity contribution in [3.63, 3.8) is 0 Å². The number of esters is 1. The molecule has 0 aliphatic carbocycles. The number of hydrogen-bond acceptors (Lipinski definition) is 11. The van der Waals surface area contributed by atoms with Crippen molar-refractivity contribution < 1.29 is 61.3 Å². The Kier molecular flexibility index (Phi) is 16.9. The Bertz CT molecular complexity index is 2090. The smallest absolute Gasteiger partial charge is 0.488 e. The molecular formula is C41H45BBrF3N4O10. The molecule has 4 aromatic rings. The van der Waals surface area contributed by atoms with E-state index in [0.29, 0.717) is 16.9 Å². The van der Waals surface area contributed by atoms with Crippen molar-refractivity contribution in [2.24, 2.45) is 0 Å². The van der Waals surface area contributed by atoms with Gasteiger partial charge in [-0.15, -0.1) is 13.2 Å². The molecule has 60 heavy (non-hydrogen) atoms. The fraction of sp³-hybridized carbons (Fsp3) is 0.341. The summed E-state index contributed by atoms with van der Waals surface area (Å²) in [5.74, 6) is -2.71. The van der Waals surface area contributed by atoms with Gasteiger partial charge in [-0.2, -0.15) is 0 Å². The van der Waals surface area contributed by atoms with E-state index in [1.165, 1.54) is 4.90 Å². The zero-order valence-electron chi connectivity index (χ0n) is 33.3. The van der Waals surface area contributed by atoms with Crippen molar-refractivity contribution in [2.45, 2.75) is 78.2 Å². The van der Waals surface area contributed by atoms with Crippen LogP contribution in [0, 0.1) is 6.92 Å². The van der Waals surface area contributed by atoms with Crippen LogP contribution in [0.15, 0.2) is 89.5 Å². The van der Waals surface area contributed by atoms with Crippen molar-refractivity contribution in [1.82, 2.24) is 15.6 Å². The first-order valence-corrected chi connectivity index (χ1v) is 19.4. The molecule has 320 valence electrons. The highest BCUT2D eigenvalue weighted by Gasteiger charge is 2.35. The number of pyridine rings is 1. The molecule has 0 spiro atoms. The van der Waals surface area contributed by atoms with E-state index in [0.717, 1.165) is 22.2 Å². The van der Waals surface area contributed by atoms with E-state index >= 15 is 0 Å². The zero-order valence-corrected chi connectivity index (χ0v) is 34.8. The lowest BCUT2D eigenvalue weighted by molar-refractivity contribution is -0.274. The number of amides is 3. The summed E-state index contributed by atoms with van der Waals surface area (Å²) in [5, 5.41) is 25.0. The van der Waals surface area contributed by atoms with Gasteiger partial charge in [0.1, 0.15) is 36.1 Å². The number of aryl methyl sites for hydroxylation is 1. The normalized spacial score (nSPS) is 11.8. The summed E-state index contributed by atoms with van der Waals surface area (Å²) in [6.45, 7) is 6.04. The molecule has 1 atom stereocenters. The molecule has 0 radical (unpaired) electrons. The second-order valence-corrected chi connectivity index (χ2v) is 15.3. The van der Waals surface area contributed by atoms with E-state index in [9.17, 15) is 42.4 Å². The van der Waals surface area contributed by atoms with E-state index < -0.39 is 79.8 Å². The number of halogens is 4. The summed E-state index contributed by atoms with van der Waals surface area (Å²) in [6.07, 6.45) is -4.49. The number of aromatic nitrogens is 1. The first-order valence-electron chi connectivity index (χ1n) is 18.6. The van der Waals surface area contributed by atoms with E-state index in [2.05, 4.69) is 36.3 Å². The number of nitrogens with one attached hydrogen (secondary N) is 2. The van der Waals surface area contributed by atoms with Crippen LogP contribution in [0.5, 0.6) is 11.5 Å². The van der Waals surface area contributed by atoms with E-state index in [4.69, 9.17) is 14.2 Å². The number of benzene rings is 3. The van der Waals surface area contributed by atoms with Crippen LogP contribution in [-0.4, -0.2) is 71.1 Å². The molecule has 3 amide bonds. The predicted octanol–water partition coefficient (Wildman–Crippen LogP) is 5.94. The van der Waals surface area contributed by atoms with Gasteiger partial charge in [0.25, 0.3) is 0 Å². The number of carbonyl (C=O) groups is 4. The van der Waals surface area contributed by atoms with Gasteiger partial charge < -0.3 is 39.6 Å². The second kappa shape index (κ2) is 21.6. The third kappa shape index (κ3) is 15.8. The topological polar surface area (TPSA) is 186 Å². The Morgan fingerprint density at radius 2 is 1.62 bits per heavy atom. The second-order valence-electron chi connectivity index (χ2n) is 14.4. The van der Waals surface area contributed by atoms with Crippen LogP contribution in [0.4, 0.5) is 23.8 Å². The quantitative estimate of drug-likeness (QED) is 0.0685. The zero-order chi connectivity index (χ0) is 44.0. The molecule has 19 heteroatoms. The van der Waals surface area contributed by atoms with Gasteiger partial charge in [-0.05, 0) is 81.1 Å². The van der Waals surface area contributed by atoms with Crippen molar-refractivity contribution in [3.05, 3.63) is 112 Å². The molecule has 1 heterocycles. The molecule has 1 aromatic heterocycles. The van der Waals surface area contributed by atoms with Gasteiger partial charge in [-0.3, -0.25) is 19.3 Å². The minimum absolute atomic E-state index is 0.00629. The van der Waals surface area contributed by atoms with E-state index in [-0.39, 0.29) is 37.3 Å². The van der Waals surface area contributed by atoms with Gasteiger partial charge in [-0.1, -0.05) is 58.4 Å². The summed E-state index contributed by atoms with van der Waals surface area (Å²) in [4.78, 5) is 57.8. The highest BCUT2D eigenvalue weighted by atomic mass is 79.9. The molecule has 14 nitrogen and oxygen atoms in total. The highest BCUT2D eigenvalue weighted by Crippen LogP contribution is 2.30. The van der Waals surface area contributed by atoms with Gasteiger partial charge in [0, 0.05) is 40.7 Å². The van der Waals surface area contributed by atoms with Gasteiger partial charge in [0.15, 0.2) is 0 Å². The van der Waals surface area contributed by atoms with Crippen molar-refractivity contribution in [1.29, 1.82) is 0 Å². The van der Waals surface area contributed by atoms with Gasteiger partial charge in [0.2, 0.25) is 11.8 Å². The third-order valence-electron chi connectivity index (χ3n) is 8.32.